The summed E-state index contributed by atoms with van der Waals surface area (Å²) in [5.41, 5.74) is 7.49. The molecule has 0 unspecified atom stereocenters. The van der Waals surface area contributed by atoms with Crippen LogP contribution in [0.15, 0.2) is 81.5 Å². The molecule has 0 saturated heterocycles. The van der Waals surface area contributed by atoms with E-state index in [-0.39, 0.29) is 33.0 Å². The number of ketones is 1. The minimum absolute atomic E-state index is 0.0277. The van der Waals surface area contributed by atoms with Crippen molar-refractivity contribution in [1.82, 2.24) is 4.98 Å². The number of rotatable bonds is 9. The minimum Gasteiger partial charge on any atom is -0.478 e. The molecule has 8 heteroatoms. The van der Waals surface area contributed by atoms with Crippen LogP contribution in [0.1, 0.15) is 126 Å². The molecule has 1 N–H and O–H groups in total. The Morgan fingerprint density at radius 3 is 2.26 bits per heavy atom. The van der Waals surface area contributed by atoms with Gasteiger partial charge in [-0.15, -0.1) is 11.3 Å². The van der Waals surface area contributed by atoms with Crippen LogP contribution in [0, 0.1) is 51.2 Å². The number of benzene rings is 1. The van der Waals surface area contributed by atoms with Crippen LogP contribution in [0.2, 0.25) is 0 Å². The summed E-state index contributed by atoms with van der Waals surface area (Å²) < 4.78 is 0. The van der Waals surface area contributed by atoms with Gasteiger partial charge >= 0.3 is 5.97 Å². The highest BCUT2D eigenvalue weighted by Gasteiger charge is 2.71. The summed E-state index contributed by atoms with van der Waals surface area (Å²) in [6, 6.07) is 11.7. The van der Waals surface area contributed by atoms with Crippen molar-refractivity contribution in [2.75, 3.05) is 11.4 Å². The molecule has 4 saturated carbocycles. The van der Waals surface area contributed by atoms with E-state index in [1.807, 2.05) is 29.0 Å². The number of aromatic carboxylic acids is 1. The molecule has 300 valence electrons. The van der Waals surface area contributed by atoms with E-state index in [2.05, 4.69) is 81.3 Å². The van der Waals surface area contributed by atoms with Crippen LogP contribution in [0.25, 0.3) is 16.8 Å². The standard InChI is InChI=1S/C49H58N2O3S3/c1-30(2)35-14-21-49(51(26-39(52)34-18-25-56-28-34)44-50-38(29-57-44)33-17-24-55-27-33)23-22-47(6)37(42(35)49)12-13-41-46(5)19-15-36(31-8-10-32(11-9-31)43(53)54)45(3,4)40(46)16-20-48(41,47)7/h8-11,15,17-18,24-25,27-29,35,37,40-42H,1,12-14,16,19-23,26H2,2-7H3,(H,53,54)/t35-,37+,40-,41+,42+,46-,47+,48+,49-/m0/s1. The van der Waals surface area contributed by atoms with Gasteiger partial charge in [0.15, 0.2) is 10.9 Å². The third kappa shape index (κ3) is 5.80. The molecular weight excluding hydrogens is 761 g/mol. The third-order valence-corrected chi connectivity index (χ3v) is 19.5. The molecule has 5 aliphatic carbocycles. The molecule has 3 heterocycles. The van der Waals surface area contributed by atoms with Gasteiger partial charge in [-0.3, -0.25) is 4.79 Å². The number of hydrogen-bond donors (Lipinski definition) is 1. The second-order valence-electron chi connectivity index (χ2n) is 19.8. The quantitative estimate of drug-likeness (QED) is 0.135. The van der Waals surface area contributed by atoms with Crippen LogP contribution in [-0.4, -0.2) is 33.9 Å². The summed E-state index contributed by atoms with van der Waals surface area (Å²) in [5.74, 6) is 1.82. The molecule has 0 bridgehead atoms. The number of hydrogen-bond acceptors (Lipinski definition) is 7. The zero-order valence-corrected chi connectivity index (χ0v) is 36.9. The summed E-state index contributed by atoms with van der Waals surface area (Å²) >= 11 is 5.01. The molecule has 0 spiro atoms. The Morgan fingerprint density at radius 1 is 0.825 bits per heavy atom. The Labute approximate surface area is 351 Å². The number of aromatic nitrogens is 1. The van der Waals surface area contributed by atoms with Crippen molar-refractivity contribution >= 4 is 56.5 Å². The molecule has 9 rings (SSSR count). The molecule has 3 aromatic heterocycles. The third-order valence-electron chi connectivity index (χ3n) is 17.3. The fourth-order valence-electron chi connectivity index (χ4n) is 14.5. The average Bonchev–Trinajstić information content (AvgIpc) is 4.01. The number of anilines is 1. The molecule has 0 aliphatic heterocycles. The molecule has 5 aliphatic rings. The summed E-state index contributed by atoms with van der Waals surface area (Å²) in [4.78, 5) is 33.8. The largest absolute Gasteiger partial charge is 0.478 e. The number of carbonyl (C=O) groups excluding carboxylic acids is 1. The van der Waals surface area contributed by atoms with Gasteiger partial charge < -0.3 is 10.0 Å². The Kier molecular flexibility index (Phi) is 9.53. The van der Waals surface area contributed by atoms with Gasteiger partial charge in [0.1, 0.15) is 0 Å². The lowest BCUT2D eigenvalue weighted by Gasteiger charge is -2.73. The molecule has 5 nitrogen and oxygen atoms in total. The SMILES string of the molecule is C=C(C)[C@@H]1CC[C@]2(N(CC(=O)c3ccsc3)c3nc(-c4ccsc4)cs3)CC[C@]3(C)[C@H](CC[C@@H]4[C@@]5(C)CC=C(c6ccc(C(=O)O)cc6)C(C)(C)[C@@H]5CC[C@]43C)[C@@H]12. The van der Waals surface area contributed by atoms with Crippen molar-refractivity contribution < 1.29 is 14.7 Å². The molecule has 1 aromatic carbocycles. The van der Waals surface area contributed by atoms with E-state index >= 15 is 0 Å². The van der Waals surface area contributed by atoms with Crippen molar-refractivity contribution in [3.63, 3.8) is 0 Å². The zero-order valence-electron chi connectivity index (χ0n) is 34.5. The summed E-state index contributed by atoms with van der Waals surface area (Å²) in [7, 11) is 0. The average molecular weight is 819 g/mol. The van der Waals surface area contributed by atoms with Crippen molar-refractivity contribution in [3.8, 4) is 11.3 Å². The van der Waals surface area contributed by atoms with Crippen LogP contribution < -0.4 is 4.90 Å². The van der Waals surface area contributed by atoms with E-state index in [0.29, 0.717) is 41.7 Å². The first-order valence-electron chi connectivity index (χ1n) is 21.1. The van der Waals surface area contributed by atoms with Crippen molar-refractivity contribution in [3.05, 3.63) is 98.2 Å². The van der Waals surface area contributed by atoms with Crippen LogP contribution in [0.3, 0.4) is 0 Å². The first-order chi connectivity index (χ1) is 27.1. The fraction of sp³-hybridized carbons (Fsp3) is 0.531. The van der Waals surface area contributed by atoms with Crippen LogP contribution in [0.4, 0.5) is 5.13 Å². The lowest BCUT2D eigenvalue weighted by molar-refractivity contribution is -0.217. The zero-order chi connectivity index (χ0) is 40.1. The van der Waals surface area contributed by atoms with Crippen LogP contribution >= 0.6 is 34.0 Å². The Balaban J connectivity index is 1.09. The second-order valence-corrected chi connectivity index (χ2v) is 22.2. The number of carbonyl (C=O) groups is 2. The molecular formula is C49H58N2O3S3. The van der Waals surface area contributed by atoms with E-state index in [1.165, 1.54) is 36.8 Å². The molecule has 57 heavy (non-hydrogen) atoms. The highest BCUT2D eigenvalue weighted by molar-refractivity contribution is 7.14. The predicted molar refractivity (Wildman–Crippen MR) is 237 cm³/mol. The maximum atomic E-state index is 14.2. The maximum Gasteiger partial charge on any atom is 0.335 e. The Morgan fingerprint density at radius 2 is 1.58 bits per heavy atom. The predicted octanol–water partition coefficient (Wildman–Crippen LogP) is 13.4. The van der Waals surface area contributed by atoms with Crippen molar-refractivity contribution in [2.45, 2.75) is 105 Å². The van der Waals surface area contributed by atoms with Gasteiger partial charge in [-0.2, -0.15) is 22.7 Å². The van der Waals surface area contributed by atoms with Gasteiger partial charge in [0, 0.05) is 32.8 Å². The summed E-state index contributed by atoms with van der Waals surface area (Å²) in [6.45, 7) is 20.3. The smallest absolute Gasteiger partial charge is 0.335 e. The van der Waals surface area contributed by atoms with Crippen molar-refractivity contribution in [1.29, 1.82) is 0 Å². The topological polar surface area (TPSA) is 70.5 Å². The highest BCUT2D eigenvalue weighted by Crippen LogP contribution is 2.77. The Bertz CT molecular complexity index is 2220. The number of nitrogens with zero attached hydrogens (tertiary/aromatic N) is 2. The number of thiazole rings is 1. The molecule has 0 amide bonds. The van der Waals surface area contributed by atoms with Gasteiger partial charge in [0.05, 0.1) is 17.8 Å². The maximum absolute atomic E-state index is 14.2. The first kappa shape index (κ1) is 39.1. The summed E-state index contributed by atoms with van der Waals surface area (Å²) in [5, 5.41) is 21.1. The van der Waals surface area contributed by atoms with Crippen LogP contribution in [0.5, 0.6) is 0 Å². The number of carboxylic acids is 1. The van der Waals surface area contributed by atoms with E-state index in [9.17, 15) is 14.7 Å². The molecule has 4 fully saturated rings. The van der Waals surface area contributed by atoms with Gasteiger partial charge in [0.25, 0.3) is 0 Å². The van der Waals surface area contributed by atoms with Gasteiger partial charge in [-0.05, 0) is 162 Å². The number of thiophene rings is 2. The molecule has 4 aromatic rings. The second kappa shape index (κ2) is 13.9. The van der Waals surface area contributed by atoms with Gasteiger partial charge in [-0.25, -0.2) is 9.78 Å². The van der Waals surface area contributed by atoms with Crippen LogP contribution in [-0.2, 0) is 0 Å². The lowest BCUT2D eigenvalue weighted by atomic mass is 9.33. The number of fused-ring (bicyclic) bond motifs is 7. The lowest BCUT2D eigenvalue weighted by Crippen LogP contribution is -2.68. The fourth-order valence-corrected chi connectivity index (χ4v) is 16.7. The van der Waals surface area contributed by atoms with E-state index in [0.717, 1.165) is 59.6 Å². The van der Waals surface area contributed by atoms with E-state index in [4.69, 9.17) is 4.98 Å². The summed E-state index contributed by atoms with van der Waals surface area (Å²) in [6.07, 6.45) is 12.9. The van der Waals surface area contributed by atoms with E-state index < -0.39 is 5.97 Å². The van der Waals surface area contributed by atoms with Crippen molar-refractivity contribution in [2.24, 2.45) is 51.2 Å². The number of Topliss-reactive ketones (excluding diaryl/α,β-unsaturated/α-hetero) is 1. The monoisotopic (exact) mass is 818 g/mol. The van der Waals surface area contributed by atoms with Gasteiger partial charge in [-0.1, -0.05) is 65.0 Å². The normalized spacial score (nSPS) is 35.3. The highest BCUT2D eigenvalue weighted by atomic mass is 32.1. The minimum atomic E-state index is -0.875. The number of allylic oxidation sites excluding steroid dienone is 3. The van der Waals surface area contributed by atoms with Gasteiger partial charge in [0.2, 0.25) is 0 Å². The number of carboxylic acid groups (broad SMARTS) is 1. The first-order valence-corrected chi connectivity index (χ1v) is 23.9. The molecule has 9 atom stereocenters. The van der Waals surface area contributed by atoms with E-state index in [1.54, 1.807) is 46.1 Å². The Hall–Kier alpha value is -3.33. The molecule has 0 radical (unpaired) electrons.